The summed E-state index contributed by atoms with van der Waals surface area (Å²) in [5.41, 5.74) is 1.95. The summed E-state index contributed by atoms with van der Waals surface area (Å²) in [6.07, 6.45) is 3.60. The minimum atomic E-state index is -3.29. The summed E-state index contributed by atoms with van der Waals surface area (Å²) in [6, 6.07) is 12.1. The predicted molar refractivity (Wildman–Crippen MR) is 86.2 cm³/mol. The van der Waals surface area contributed by atoms with Crippen molar-refractivity contribution >= 4 is 71.4 Å². The Morgan fingerprint density at radius 3 is 1.42 bits per heavy atom. The van der Waals surface area contributed by atoms with Gasteiger partial charge in [0.15, 0.2) is 0 Å². The van der Waals surface area contributed by atoms with E-state index in [2.05, 4.69) is 34.2 Å². The van der Waals surface area contributed by atoms with Gasteiger partial charge in [-0.3, -0.25) is 9.97 Å². The molecule has 0 bridgehead atoms. The third-order valence-electron chi connectivity index (χ3n) is 2.34. The smallest absolute Gasteiger partial charge is 0.0964 e. The summed E-state index contributed by atoms with van der Waals surface area (Å²) in [6.45, 7) is 0. The van der Waals surface area contributed by atoms with Crippen LogP contribution in [0.3, 0.4) is 0 Å². The summed E-state index contributed by atoms with van der Waals surface area (Å²) in [5.74, 6) is 0. The maximum absolute atomic E-state index is 5.04. The molecule has 0 radical (unpaired) electrons. The zero-order valence-electron chi connectivity index (χ0n) is 9.53. The fourth-order valence-corrected chi connectivity index (χ4v) is 1.68. The second kappa shape index (κ2) is 6.63. The number of fused-ring (bicyclic) bond motifs is 3. The molecular formula is C12H8Cl4N2Sn. The molecule has 0 saturated heterocycles. The topological polar surface area (TPSA) is 25.8 Å². The first-order valence-corrected chi connectivity index (χ1v) is 19.7. The van der Waals surface area contributed by atoms with Crippen molar-refractivity contribution in [3.05, 3.63) is 48.8 Å². The molecular weight excluding hydrogens is 433 g/mol. The average molecular weight is 441 g/mol. The number of rotatable bonds is 0. The van der Waals surface area contributed by atoms with E-state index in [0.29, 0.717) is 0 Å². The standard InChI is InChI=1S/C12H8N2.4ClH.Sn/c1-3-9-5-6-10-4-2-8-14-12(10)11(9)13-7-1;;;;;/h1-8H;4*1H;/q;;;;;+4/p-4. The van der Waals surface area contributed by atoms with E-state index in [4.69, 9.17) is 35.7 Å². The largest absolute Gasteiger partial charge is 0.254 e. The Morgan fingerprint density at radius 2 is 1.05 bits per heavy atom. The van der Waals surface area contributed by atoms with E-state index >= 15 is 0 Å². The normalized spacial score (nSPS) is 11.2. The van der Waals surface area contributed by atoms with Crippen molar-refractivity contribution in [1.82, 2.24) is 9.97 Å². The van der Waals surface area contributed by atoms with Crippen molar-refractivity contribution in [2.45, 2.75) is 0 Å². The first-order chi connectivity index (χ1) is 8.95. The van der Waals surface area contributed by atoms with Gasteiger partial charge in [-0.15, -0.1) is 0 Å². The fraction of sp³-hybridized carbons (Fsp3) is 0. The third kappa shape index (κ3) is 4.79. The van der Waals surface area contributed by atoms with Crippen LogP contribution in [-0.4, -0.2) is 23.8 Å². The monoisotopic (exact) mass is 440 g/mol. The molecule has 0 amide bonds. The van der Waals surface area contributed by atoms with Gasteiger partial charge in [0.25, 0.3) is 0 Å². The first kappa shape index (κ1) is 15.4. The molecule has 0 N–H and O–H groups in total. The van der Waals surface area contributed by atoms with Crippen LogP contribution in [0.2, 0.25) is 0 Å². The summed E-state index contributed by atoms with van der Waals surface area (Å²) >= 11 is -3.29. The van der Waals surface area contributed by atoms with E-state index in [-0.39, 0.29) is 0 Å². The number of benzene rings is 1. The van der Waals surface area contributed by atoms with Gasteiger partial charge in [0, 0.05) is 23.2 Å². The molecule has 3 aromatic rings. The number of halogens is 4. The number of hydrogen-bond acceptors (Lipinski definition) is 2. The Morgan fingerprint density at radius 1 is 0.684 bits per heavy atom. The SMILES string of the molecule is [Cl][Sn]([Cl])([Cl])[Cl].c1cnc2c(c1)ccc1cccnc12. The molecule has 0 spiro atoms. The van der Waals surface area contributed by atoms with Crippen molar-refractivity contribution in [3.63, 3.8) is 0 Å². The molecule has 3 rings (SSSR count). The van der Waals surface area contributed by atoms with Crippen molar-refractivity contribution in [2.75, 3.05) is 0 Å². The Kier molecular flexibility index (Phi) is 5.37. The van der Waals surface area contributed by atoms with Crippen LogP contribution in [0.4, 0.5) is 0 Å². The van der Waals surface area contributed by atoms with Crippen molar-refractivity contribution in [3.8, 4) is 0 Å². The second-order valence-corrected chi connectivity index (χ2v) is 29.1. The molecule has 0 aliphatic rings. The number of nitrogens with zero attached hydrogens (tertiary/aromatic N) is 2. The summed E-state index contributed by atoms with van der Waals surface area (Å²) in [5, 5.41) is 2.28. The van der Waals surface area contributed by atoms with Crippen LogP contribution in [-0.2, 0) is 0 Å². The molecule has 0 unspecified atom stereocenters. The Labute approximate surface area is 129 Å². The van der Waals surface area contributed by atoms with E-state index in [9.17, 15) is 0 Å². The van der Waals surface area contributed by atoms with E-state index in [0.717, 1.165) is 21.8 Å². The van der Waals surface area contributed by atoms with E-state index in [1.165, 1.54) is 0 Å². The van der Waals surface area contributed by atoms with Gasteiger partial charge in [-0.1, -0.05) is 24.3 Å². The molecule has 2 aromatic heterocycles. The Hall–Kier alpha value is -0.00130. The maximum atomic E-state index is 5.04. The van der Waals surface area contributed by atoms with E-state index in [1.807, 2.05) is 12.1 Å². The quantitative estimate of drug-likeness (QED) is 0.356. The van der Waals surface area contributed by atoms with Gasteiger partial charge in [0.05, 0.1) is 11.0 Å². The van der Waals surface area contributed by atoms with Gasteiger partial charge in [0.1, 0.15) is 0 Å². The zero-order valence-corrected chi connectivity index (χ0v) is 15.4. The van der Waals surface area contributed by atoms with Gasteiger partial charge in [-0.2, -0.15) is 0 Å². The molecule has 0 saturated carbocycles. The van der Waals surface area contributed by atoms with Gasteiger partial charge in [-0.05, 0) is 12.1 Å². The van der Waals surface area contributed by atoms with Crippen LogP contribution in [0.5, 0.6) is 0 Å². The van der Waals surface area contributed by atoms with E-state index < -0.39 is 13.9 Å². The van der Waals surface area contributed by atoms with E-state index in [1.54, 1.807) is 12.4 Å². The van der Waals surface area contributed by atoms with Gasteiger partial charge < -0.3 is 0 Å². The number of pyridine rings is 2. The molecule has 2 heterocycles. The minimum Gasteiger partial charge on any atom is -0.254 e. The molecule has 0 aliphatic heterocycles. The average Bonchev–Trinajstić information content (AvgIpc) is 2.37. The molecule has 2 nitrogen and oxygen atoms in total. The first-order valence-electron chi connectivity index (χ1n) is 5.29. The Balaban J connectivity index is 0.000000232. The van der Waals surface area contributed by atoms with Gasteiger partial charge in [0.2, 0.25) is 0 Å². The van der Waals surface area contributed by atoms with Crippen molar-refractivity contribution in [1.29, 1.82) is 0 Å². The number of aromatic nitrogens is 2. The second-order valence-electron chi connectivity index (χ2n) is 3.64. The molecule has 0 aliphatic carbocycles. The van der Waals surface area contributed by atoms with Crippen LogP contribution in [0.25, 0.3) is 21.8 Å². The van der Waals surface area contributed by atoms with Crippen LogP contribution >= 0.6 is 35.7 Å². The van der Waals surface area contributed by atoms with Crippen LogP contribution in [0.1, 0.15) is 0 Å². The van der Waals surface area contributed by atoms with Crippen molar-refractivity contribution in [2.24, 2.45) is 0 Å². The van der Waals surface area contributed by atoms with Crippen LogP contribution in [0, 0.1) is 0 Å². The molecule has 0 atom stereocenters. The molecule has 19 heavy (non-hydrogen) atoms. The zero-order chi connectivity index (χ0) is 13.9. The van der Waals surface area contributed by atoms with Gasteiger partial charge in [-0.25, -0.2) is 0 Å². The fourth-order valence-electron chi connectivity index (χ4n) is 1.68. The predicted octanol–water partition coefficient (Wildman–Crippen LogP) is 5.16. The van der Waals surface area contributed by atoms with Crippen molar-refractivity contribution < 1.29 is 0 Å². The summed E-state index contributed by atoms with van der Waals surface area (Å²) < 4.78 is 0. The molecule has 98 valence electrons. The minimum absolute atomic E-state index is 0.977. The van der Waals surface area contributed by atoms with Crippen LogP contribution < -0.4 is 0 Å². The molecule has 1 aromatic carbocycles. The molecule has 0 fully saturated rings. The molecule has 7 heteroatoms. The van der Waals surface area contributed by atoms with Gasteiger partial charge >= 0.3 is 49.6 Å². The van der Waals surface area contributed by atoms with Crippen LogP contribution in [0.15, 0.2) is 48.8 Å². The third-order valence-corrected chi connectivity index (χ3v) is 2.34. The Bertz CT molecular complexity index is 639. The number of hydrogen-bond donors (Lipinski definition) is 0. The maximum Gasteiger partial charge on any atom is 0.0964 e. The summed E-state index contributed by atoms with van der Waals surface area (Å²) in [7, 11) is 20.1. The summed E-state index contributed by atoms with van der Waals surface area (Å²) in [4.78, 5) is 8.69.